The van der Waals surface area contributed by atoms with Crippen LogP contribution >= 0.6 is 22.9 Å². The highest BCUT2D eigenvalue weighted by Crippen LogP contribution is 2.31. The molecule has 1 aromatic heterocycles. The highest BCUT2D eigenvalue weighted by molar-refractivity contribution is 7.93. The molecule has 0 unspecified atom stereocenters. The summed E-state index contributed by atoms with van der Waals surface area (Å²) in [5.74, 6) is 0. The number of halogens is 1. The van der Waals surface area contributed by atoms with E-state index in [4.69, 9.17) is 11.6 Å². The van der Waals surface area contributed by atoms with E-state index in [0.717, 1.165) is 10.4 Å². The van der Waals surface area contributed by atoms with Crippen LogP contribution in [0, 0.1) is 0 Å². The van der Waals surface area contributed by atoms with Crippen molar-refractivity contribution in [1.29, 1.82) is 0 Å². The fourth-order valence-corrected chi connectivity index (χ4v) is 4.59. The molecule has 3 rings (SSSR count). The van der Waals surface area contributed by atoms with Crippen LogP contribution in [-0.2, 0) is 16.4 Å². The average Bonchev–Trinajstić information content (AvgIpc) is 2.94. The van der Waals surface area contributed by atoms with E-state index in [-0.39, 0.29) is 10.0 Å². The van der Waals surface area contributed by atoms with E-state index in [1.165, 1.54) is 17.4 Å². The van der Waals surface area contributed by atoms with E-state index < -0.39 is 10.0 Å². The fourth-order valence-electron chi connectivity index (χ4n) is 2.09. The van der Waals surface area contributed by atoms with E-state index in [9.17, 15) is 8.42 Å². The zero-order valence-electron chi connectivity index (χ0n) is 11.6. The Morgan fingerprint density at radius 1 is 1.18 bits per heavy atom. The molecular formula is C14H12ClN3O2S2. The summed E-state index contributed by atoms with van der Waals surface area (Å²) in [6.07, 6.45) is 0.708. The third kappa shape index (κ3) is 2.79. The first kappa shape index (κ1) is 15.2. The Balaban J connectivity index is 2.09. The summed E-state index contributed by atoms with van der Waals surface area (Å²) >= 11 is 7.40. The predicted molar refractivity (Wildman–Crippen MR) is 89.1 cm³/mol. The van der Waals surface area contributed by atoms with Crippen molar-refractivity contribution in [2.75, 3.05) is 4.72 Å². The maximum absolute atomic E-state index is 12.6. The van der Waals surface area contributed by atoms with Gasteiger partial charge in [0.2, 0.25) is 5.13 Å². The number of sulfonamides is 1. The third-order valence-electron chi connectivity index (χ3n) is 3.10. The third-order valence-corrected chi connectivity index (χ3v) is 5.90. The second-order valence-electron chi connectivity index (χ2n) is 4.55. The van der Waals surface area contributed by atoms with Crippen molar-refractivity contribution in [3.8, 4) is 0 Å². The molecule has 0 atom stereocenters. The van der Waals surface area contributed by atoms with Gasteiger partial charge in [0.25, 0.3) is 10.0 Å². The fraction of sp³-hybridized carbons (Fsp3) is 0.143. The number of hydrogen-bond donors (Lipinski definition) is 1. The van der Waals surface area contributed by atoms with Gasteiger partial charge in [0.15, 0.2) is 0 Å². The van der Waals surface area contributed by atoms with Gasteiger partial charge in [-0.25, -0.2) is 8.42 Å². The Bertz CT molecular complexity index is 933. The number of aromatic nitrogens is 2. The molecule has 5 nitrogen and oxygen atoms in total. The van der Waals surface area contributed by atoms with Crippen molar-refractivity contribution in [3.05, 3.63) is 46.4 Å². The molecule has 0 aliphatic rings. The monoisotopic (exact) mass is 353 g/mol. The summed E-state index contributed by atoms with van der Waals surface area (Å²) < 4.78 is 27.7. The molecule has 0 bridgehead atoms. The van der Waals surface area contributed by atoms with Crippen molar-refractivity contribution in [3.63, 3.8) is 0 Å². The van der Waals surface area contributed by atoms with Crippen molar-refractivity contribution in [2.45, 2.75) is 18.2 Å². The van der Waals surface area contributed by atoms with Gasteiger partial charge in [-0.05, 0) is 23.9 Å². The first-order valence-corrected chi connectivity index (χ1v) is 9.21. The van der Waals surface area contributed by atoms with Gasteiger partial charge in [-0.3, -0.25) is 4.72 Å². The summed E-state index contributed by atoms with van der Waals surface area (Å²) in [6.45, 7) is 1.93. The summed E-state index contributed by atoms with van der Waals surface area (Å²) in [6, 6.07) is 10.3. The van der Waals surface area contributed by atoms with Crippen LogP contribution in [0.25, 0.3) is 10.8 Å². The van der Waals surface area contributed by atoms with Crippen molar-refractivity contribution < 1.29 is 8.42 Å². The Hall–Kier alpha value is -1.70. The Morgan fingerprint density at radius 2 is 1.91 bits per heavy atom. The van der Waals surface area contributed by atoms with Crippen molar-refractivity contribution in [2.24, 2.45) is 0 Å². The molecule has 2 aromatic carbocycles. The van der Waals surface area contributed by atoms with Gasteiger partial charge < -0.3 is 0 Å². The van der Waals surface area contributed by atoms with Gasteiger partial charge in [-0.2, -0.15) is 0 Å². The van der Waals surface area contributed by atoms with Gasteiger partial charge in [-0.1, -0.05) is 54.1 Å². The first-order valence-electron chi connectivity index (χ1n) is 6.53. The van der Waals surface area contributed by atoms with Gasteiger partial charge in [0, 0.05) is 10.4 Å². The Kier molecular flexibility index (Phi) is 4.03. The number of aryl methyl sites for hydroxylation is 1. The lowest BCUT2D eigenvalue weighted by Gasteiger charge is -2.09. The molecule has 0 saturated heterocycles. The van der Waals surface area contributed by atoms with Crippen LogP contribution in [0.2, 0.25) is 5.02 Å². The summed E-state index contributed by atoms with van der Waals surface area (Å²) in [7, 11) is -3.78. The second kappa shape index (κ2) is 5.83. The lowest BCUT2D eigenvalue weighted by molar-refractivity contribution is 0.602. The normalized spacial score (nSPS) is 11.7. The summed E-state index contributed by atoms with van der Waals surface area (Å²) in [4.78, 5) is 0.129. The molecule has 0 amide bonds. The molecule has 22 heavy (non-hydrogen) atoms. The Labute approximate surface area is 137 Å². The van der Waals surface area contributed by atoms with Gasteiger partial charge in [-0.15, -0.1) is 10.2 Å². The zero-order valence-corrected chi connectivity index (χ0v) is 14.0. The smallest absolute Gasteiger partial charge is 0.253 e. The molecule has 0 radical (unpaired) electrons. The molecule has 0 spiro atoms. The summed E-state index contributed by atoms with van der Waals surface area (Å²) in [5.41, 5.74) is 0. The van der Waals surface area contributed by atoms with E-state index in [1.54, 1.807) is 18.2 Å². The van der Waals surface area contributed by atoms with Gasteiger partial charge >= 0.3 is 0 Å². The minimum Gasteiger partial charge on any atom is -0.253 e. The van der Waals surface area contributed by atoms with Crippen LogP contribution in [0.4, 0.5) is 5.13 Å². The lowest BCUT2D eigenvalue weighted by atomic mass is 10.1. The van der Waals surface area contributed by atoms with Crippen LogP contribution in [0.3, 0.4) is 0 Å². The Morgan fingerprint density at radius 3 is 2.59 bits per heavy atom. The number of nitrogens with one attached hydrogen (secondary N) is 1. The molecule has 1 heterocycles. The minimum atomic E-state index is -3.78. The number of nitrogens with zero attached hydrogens (tertiary/aromatic N) is 2. The maximum Gasteiger partial charge on any atom is 0.264 e. The molecule has 0 aliphatic heterocycles. The molecule has 8 heteroatoms. The maximum atomic E-state index is 12.6. The van der Waals surface area contributed by atoms with E-state index in [1.807, 2.05) is 19.1 Å². The van der Waals surface area contributed by atoms with Gasteiger partial charge in [0.1, 0.15) is 5.01 Å². The highest BCUT2D eigenvalue weighted by atomic mass is 35.5. The van der Waals surface area contributed by atoms with Crippen LogP contribution in [0.1, 0.15) is 11.9 Å². The number of rotatable bonds is 4. The lowest BCUT2D eigenvalue weighted by Crippen LogP contribution is -2.13. The van der Waals surface area contributed by atoms with Crippen LogP contribution in [0.15, 0.2) is 41.3 Å². The highest BCUT2D eigenvalue weighted by Gasteiger charge is 2.20. The quantitative estimate of drug-likeness (QED) is 0.776. The van der Waals surface area contributed by atoms with Gasteiger partial charge in [0.05, 0.1) is 4.90 Å². The molecule has 0 saturated carbocycles. The second-order valence-corrected chi connectivity index (χ2v) is 7.67. The molecule has 3 aromatic rings. The van der Waals surface area contributed by atoms with Crippen LogP contribution in [-0.4, -0.2) is 18.6 Å². The minimum absolute atomic E-state index is 0.129. The largest absolute Gasteiger partial charge is 0.264 e. The van der Waals surface area contributed by atoms with Crippen molar-refractivity contribution >= 4 is 48.9 Å². The molecule has 0 aliphatic carbocycles. The van der Waals surface area contributed by atoms with Crippen molar-refractivity contribution in [1.82, 2.24) is 10.2 Å². The zero-order chi connectivity index (χ0) is 15.7. The summed E-state index contributed by atoms with van der Waals surface area (Å²) in [5, 5.41) is 10.4. The van der Waals surface area contributed by atoms with E-state index in [0.29, 0.717) is 16.8 Å². The average molecular weight is 354 g/mol. The molecular weight excluding hydrogens is 342 g/mol. The number of hydrogen-bond acceptors (Lipinski definition) is 5. The topological polar surface area (TPSA) is 72.0 Å². The number of fused-ring (bicyclic) bond motifs is 1. The van der Waals surface area contributed by atoms with Crippen LogP contribution < -0.4 is 4.72 Å². The SMILES string of the molecule is CCc1nnc(NS(=O)(=O)c2cccc3cccc(Cl)c23)s1. The predicted octanol–water partition coefficient (Wildman–Crippen LogP) is 3.71. The standard InChI is InChI=1S/C14H12ClN3O2S2/c1-2-12-16-17-14(21-12)18-22(19,20)11-8-4-6-9-5-3-7-10(15)13(9)11/h3-8H,2H2,1H3,(H,17,18). The molecule has 0 fully saturated rings. The number of anilines is 1. The molecule has 1 N–H and O–H groups in total. The van der Waals surface area contributed by atoms with E-state index >= 15 is 0 Å². The van der Waals surface area contributed by atoms with E-state index in [2.05, 4.69) is 14.9 Å². The first-order chi connectivity index (χ1) is 10.5. The van der Waals surface area contributed by atoms with Crippen LogP contribution in [0.5, 0.6) is 0 Å². The number of benzene rings is 2. The molecule has 114 valence electrons.